The second kappa shape index (κ2) is 7.97. The van der Waals surface area contributed by atoms with Crippen molar-refractivity contribution >= 4 is 12.6 Å². The maximum Gasteiger partial charge on any atom is 0.00198 e. The molecule has 1 unspecified atom stereocenters. The molecule has 0 bridgehead atoms. The van der Waals surface area contributed by atoms with Crippen LogP contribution in [0.5, 0.6) is 0 Å². The normalized spacial score (nSPS) is 46.5. The predicted octanol–water partition coefficient (Wildman–Crippen LogP) is 8.33. The Bertz CT molecular complexity index is 591. The lowest BCUT2D eigenvalue weighted by atomic mass is 9.44. The Morgan fingerprint density at radius 2 is 1.79 bits per heavy atom. The summed E-state index contributed by atoms with van der Waals surface area (Å²) in [6, 6.07) is 0. The summed E-state index contributed by atoms with van der Waals surface area (Å²) in [4.78, 5) is 0. The van der Waals surface area contributed by atoms with Crippen LogP contribution in [0.1, 0.15) is 105 Å². The molecule has 3 fully saturated rings. The first kappa shape index (κ1) is 21.3. The standard InChI is InChI=1S/C27H46S/c1-18(2)7-6-8-19(3)23-11-12-24-22-10-9-20-17-21(28)13-15-26(20,4)25(22)14-16-27(23,24)5/h11,18-22,24-25,28H,6-10,12-17H2,1-5H3/t19-,20?,21+,22+,24+,25+,26+,27-/m1/s1. The molecule has 0 aromatic rings. The predicted molar refractivity (Wildman–Crippen MR) is 126 cm³/mol. The van der Waals surface area contributed by atoms with E-state index in [9.17, 15) is 0 Å². The highest BCUT2D eigenvalue weighted by molar-refractivity contribution is 7.80. The van der Waals surface area contributed by atoms with Crippen LogP contribution in [0, 0.1) is 46.3 Å². The Labute approximate surface area is 181 Å². The van der Waals surface area contributed by atoms with Crippen molar-refractivity contribution in [3.8, 4) is 0 Å². The van der Waals surface area contributed by atoms with E-state index < -0.39 is 0 Å². The molecule has 0 aliphatic heterocycles. The second-order valence-electron chi connectivity index (χ2n) is 12.2. The molecule has 0 saturated heterocycles. The number of hydrogen-bond donors (Lipinski definition) is 1. The van der Waals surface area contributed by atoms with Gasteiger partial charge in [-0.1, -0.05) is 59.1 Å². The summed E-state index contributed by atoms with van der Waals surface area (Å²) in [7, 11) is 0. The molecule has 160 valence electrons. The quantitative estimate of drug-likeness (QED) is 0.347. The summed E-state index contributed by atoms with van der Waals surface area (Å²) in [5.41, 5.74) is 3.00. The zero-order valence-electron chi connectivity index (χ0n) is 19.3. The molecular weight excluding hydrogens is 356 g/mol. The van der Waals surface area contributed by atoms with Gasteiger partial charge >= 0.3 is 0 Å². The average Bonchev–Trinajstić information content (AvgIpc) is 2.99. The Balaban J connectivity index is 1.47. The molecule has 0 heterocycles. The minimum atomic E-state index is 0.516. The summed E-state index contributed by atoms with van der Waals surface area (Å²) in [6.45, 7) is 12.6. The molecule has 3 saturated carbocycles. The van der Waals surface area contributed by atoms with Gasteiger partial charge in [-0.3, -0.25) is 0 Å². The van der Waals surface area contributed by atoms with Crippen LogP contribution in [0.2, 0.25) is 0 Å². The third-order valence-electron chi connectivity index (χ3n) is 10.2. The molecule has 8 atom stereocenters. The van der Waals surface area contributed by atoms with Gasteiger partial charge < -0.3 is 0 Å². The van der Waals surface area contributed by atoms with E-state index in [4.69, 9.17) is 12.6 Å². The van der Waals surface area contributed by atoms with Crippen molar-refractivity contribution in [3.05, 3.63) is 11.6 Å². The second-order valence-corrected chi connectivity index (χ2v) is 12.9. The zero-order valence-corrected chi connectivity index (χ0v) is 20.2. The Kier molecular flexibility index (Phi) is 6.07. The highest BCUT2D eigenvalue weighted by Crippen LogP contribution is 2.67. The number of allylic oxidation sites excluding steroid dienone is 2. The van der Waals surface area contributed by atoms with Gasteiger partial charge in [-0.15, -0.1) is 0 Å². The number of hydrogen-bond acceptors (Lipinski definition) is 1. The Morgan fingerprint density at radius 1 is 1.00 bits per heavy atom. The molecule has 4 rings (SSSR count). The molecule has 4 aliphatic rings. The molecule has 0 spiro atoms. The van der Waals surface area contributed by atoms with E-state index in [0.717, 1.165) is 35.5 Å². The van der Waals surface area contributed by atoms with Gasteiger partial charge in [0.25, 0.3) is 0 Å². The Morgan fingerprint density at radius 3 is 2.54 bits per heavy atom. The first-order valence-corrected chi connectivity index (χ1v) is 13.2. The zero-order chi connectivity index (χ0) is 20.1. The summed E-state index contributed by atoms with van der Waals surface area (Å²) in [5, 5.41) is 0.676. The van der Waals surface area contributed by atoms with E-state index in [1.807, 2.05) is 5.57 Å². The van der Waals surface area contributed by atoms with Crippen molar-refractivity contribution in [3.63, 3.8) is 0 Å². The van der Waals surface area contributed by atoms with Gasteiger partial charge in [-0.25, -0.2) is 0 Å². The lowest BCUT2D eigenvalue weighted by Gasteiger charge is -2.61. The number of fused-ring (bicyclic) bond motifs is 5. The molecular formula is C27H46S. The molecule has 0 N–H and O–H groups in total. The highest BCUT2D eigenvalue weighted by Gasteiger charge is 2.58. The SMILES string of the molecule is CC(C)CCC[C@@H](C)C1=CC[C@H]2[C@@H]3CCC4C[C@@H](S)CC[C@]4(C)[C@H]3CC[C@]12C. The third-order valence-corrected chi connectivity index (χ3v) is 10.7. The fourth-order valence-electron chi connectivity index (χ4n) is 8.59. The lowest BCUT2D eigenvalue weighted by Crippen LogP contribution is -2.53. The van der Waals surface area contributed by atoms with Gasteiger partial charge in [0.2, 0.25) is 0 Å². The highest BCUT2D eigenvalue weighted by atomic mass is 32.1. The molecule has 4 aliphatic carbocycles. The minimum absolute atomic E-state index is 0.516. The summed E-state index contributed by atoms with van der Waals surface area (Å²) in [5.74, 6) is 5.55. The van der Waals surface area contributed by atoms with E-state index in [-0.39, 0.29) is 0 Å². The van der Waals surface area contributed by atoms with Gasteiger partial charge in [0, 0.05) is 5.25 Å². The molecule has 0 aromatic carbocycles. The van der Waals surface area contributed by atoms with Crippen molar-refractivity contribution in [1.29, 1.82) is 0 Å². The molecule has 28 heavy (non-hydrogen) atoms. The van der Waals surface area contributed by atoms with Crippen LogP contribution in [0.25, 0.3) is 0 Å². The minimum Gasteiger partial charge on any atom is -0.176 e. The topological polar surface area (TPSA) is 0 Å². The number of thiol groups is 1. The van der Waals surface area contributed by atoms with Crippen LogP contribution >= 0.6 is 12.6 Å². The molecule has 1 heteroatoms. The van der Waals surface area contributed by atoms with Crippen LogP contribution in [0.4, 0.5) is 0 Å². The van der Waals surface area contributed by atoms with E-state index in [0.29, 0.717) is 16.1 Å². The van der Waals surface area contributed by atoms with E-state index >= 15 is 0 Å². The van der Waals surface area contributed by atoms with Gasteiger partial charge in [-0.2, -0.15) is 12.6 Å². The molecule has 0 radical (unpaired) electrons. The summed E-state index contributed by atoms with van der Waals surface area (Å²) >= 11 is 4.87. The Hall–Kier alpha value is 0.0900. The number of rotatable bonds is 5. The smallest absolute Gasteiger partial charge is 0.00198 e. The maximum absolute atomic E-state index is 4.87. The van der Waals surface area contributed by atoms with Gasteiger partial charge in [-0.05, 0) is 104 Å². The van der Waals surface area contributed by atoms with Crippen molar-refractivity contribution < 1.29 is 0 Å². The molecule has 0 nitrogen and oxygen atoms in total. The maximum atomic E-state index is 4.87. The molecule has 0 aromatic heterocycles. The van der Waals surface area contributed by atoms with Gasteiger partial charge in [0.05, 0.1) is 0 Å². The van der Waals surface area contributed by atoms with Gasteiger partial charge in [0.1, 0.15) is 0 Å². The van der Waals surface area contributed by atoms with Crippen molar-refractivity contribution in [2.24, 2.45) is 46.3 Å². The van der Waals surface area contributed by atoms with Crippen LogP contribution in [-0.4, -0.2) is 5.25 Å². The van der Waals surface area contributed by atoms with Crippen LogP contribution in [0.3, 0.4) is 0 Å². The van der Waals surface area contributed by atoms with Gasteiger partial charge in [0.15, 0.2) is 0 Å². The van der Waals surface area contributed by atoms with Crippen LogP contribution in [0.15, 0.2) is 11.6 Å². The first-order valence-electron chi connectivity index (χ1n) is 12.6. The fourth-order valence-corrected chi connectivity index (χ4v) is 8.97. The van der Waals surface area contributed by atoms with Crippen LogP contribution < -0.4 is 0 Å². The fraction of sp³-hybridized carbons (Fsp3) is 0.926. The van der Waals surface area contributed by atoms with Crippen molar-refractivity contribution in [2.45, 2.75) is 110 Å². The summed E-state index contributed by atoms with van der Waals surface area (Å²) < 4.78 is 0. The van der Waals surface area contributed by atoms with E-state index in [1.165, 1.54) is 70.6 Å². The molecule has 0 amide bonds. The first-order chi connectivity index (χ1) is 13.3. The summed E-state index contributed by atoms with van der Waals surface area (Å²) in [6.07, 6.45) is 18.5. The van der Waals surface area contributed by atoms with Crippen LogP contribution in [-0.2, 0) is 0 Å². The third kappa shape index (κ3) is 3.54. The monoisotopic (exact) mass is 402 g/mol. The van der Waals surface area contributed by atoms with Crippen molar-refractivity contribution in [2.75, 3.05) is 0 Å². The average molecular weight is 403 g/mol. The largest absolute Gasteiger partial charge is 0.176 e. The lowest BCUT2D eigenvalue weighted by molar-refractivity contribution is -0.0989. The van der Waals surface area contributed by atoms with E-state index in [2.05, 4.69) is 40.7 Å². The van der Waals surface area contributed by atoms with E-state index in [1.54, 1.807) is 0 Å². The van der Waals surface area contributed by atoms with Crippen molar-refractivity contribution in [1.82, 2.24) is 0 Å².